The third-order valence-corrected chi connectivity index (χ3v) is 5.55. The lowest BCUT2D eigenvalue weighted by Crippen LogP contribution is -2.46. The first kappa shape index (κ1) is 19.1. The molecule has 3 rings (SSSR count). The second kappa shape index (κ2) is 7.92. The summed E-state index contributed by atoms with van der Waals surface area (Å²) in [6, 6.07) is 3.27. The number of alkyl carbamates (subject to hydrolysis) is 1. The third-order valence-electron chi connectivity index (χ3n) is 4.95. The molecule has 6 nitrogen and oxygen atoms in total. The maximum atomic E-state index is 13.8. The van der Waals surface area contributed by atoms with E-state index in [1.807, 2.05) is 0 Å². The van der Waals surface area contributed by atoms with Crippen molar-refractivity contribution in [2.24, 2.45) is 5.92 Å². The first-order valence-corrected chi connectivity index (χ1v) is 9.61. The highest BCUT2D eigenvalue weighted by atomic mass is 79.9. The number of H-pyrrole nitrogens is 1. The smallest absolute Gasteiger partial charge is 0.407 e. The molecule has 2 aromatic rings. The van der Waals surface area contributed by atoms with Crippen LogP contribution in [0.1, 0.15) is 38.6 Å². The van der Waals surface area contributed by atoms with Crippen molar-refractivity contribution in [1.29, 1.82) is 0 Å². The first-order valence-electron chi connectivity index (χ1n) is 8.82. The molecule has 0 saturated carbocycles. The van der Waals surface area contributed by atoms with E-state index in [2.05, 4.69) is 50.0 Å². The van der Waals surface area contributed by atoms with E-state index >= 15 is 0 Å². The molecule has 1 aromatic heterocycles. The highest BCUT2D eigenvalue weighted by Gasteiger charge is 2.31. The molecule has 142 valence electrons. The Morgan fingerprint density at radius 1 is 1.54 bits per heavy atom. The van der Waals surface area contributed by atoms with E-state index in [9.17, 15) is 9.18 Å². The van der Waals surface area contributed by atoms with E-state index in [1.165, 1.54) is 13.2 Å². The summed E-state index contributed by atoms with van der Waals surface area (Å²) in [5.74, 6) is 0.810. The van der Waals surface area contributed by atoms with Crippen molar-refractivity contribution in [3.8, 4) is 0 Å². The number of methoxy groups -OCH3 is 1. The molecule has 0 aliphatic carbocycles. The third kappa shape index (κ3) is 4.01. The number of aromatic amines is 1. The van der Waals surface area contributed by atoms with Gasteiger partial charge < -0.3 is 15.0 Å². The van der Waals surface area contributed by atoms with Crippen molar-refractivity contribution >= 4 is 33.1 Å². The summed E-state index contributed by atoms with van der Waals surface area (Å²) in [6.07, 6.45) is 1.62. The number of rotatable bonds is 5. The van der Waals surface area contributed by atoms with Gasteiger partial charge in [-0.15, -0.1) is 0 Å². The van der Waals surface area contributed by atoms with E-state index in [1.54, 1.807) is 6.07 Å². The average Bonchev–Trinajstić information content (AvgIpc) is 3.20. The number of hydrogen-bond donors (Lipinski definition) is 2. The number of halogens is 2. The number of fused-ring (bicyclic) bond motifs is 1. The average molecular weight is 427 g/mol. The summed E-state index contributed by atoms with van der Waals surface area (Å²) >= 11 is 3.21. The van der Waals surface area contributed by atoms with Crippen LogP contribution in [0.25, 0.3) is 11.0 Å². The monoisotopic (exact) mass is 426 g/mol. The van der Waals surface area contributed by atoms with Crippen LogP contribution in [-0.2, 0) is 4.74 Å². The first-order chi connectivity index (χ1) is 12.4. The fourth-order valence-corrected chi connectivity index (χ4v) is 3.75. The number of carbonyl (C=O) groups excluding carboxylic acids is 1. The van der Waals surface area contributed by atoms with Crippen molar-refractivity contribution in [3.05, 3.63) is 28.2 Å². The fraction of sp³-hybridized carbons (Fsp3) is 0.556. The topological polar surface area (TPSA) is 70.2 Å². The van der Waals surface area contributed by atoms with Crippen LogP contribution in [0.5, 0.6) is 0 Å². The van der Waals surface area contributed by atoms with Gasteiger partial charge in [0, 0.05) is 18.7 Å². The molecular formula is C18H24BrFN4O2. The summed E-state index contributed by atoms with van der Waals surface area (Å²) in [4.78, 5) is 21.9. The molecule has 1 aliphatic heterocycles. The van der Waals surface area contributed by atoms with Crippen LogP contribution in [-0.4, -0.2) is 47.2 Å². The van der Waals surface area contributed by atoms with Crippen LogP contribution in [0.3, 0.4) is 0 Å². The Balaban J connectivity index is 1.80. The van der Waals surface area contributed by atoms with Gasteiger partial charge in [-0.25, -0.2) is 14.2 Å². The summed E-state index contributed by atoms with van der Waals surface area (Å²) in [6.45, 7) is 5.80. The molecule has 2 heterocycles. The normalized spacial score (nSPS) is 19.2. The standard InChI is InChI=1S/C18H24BrFN4O2/c1-10(2)15(23-18(25)26-3)9-24-6-4-5-16(24)17-21-13-7-11(19)12(20)8-14(13)22-17/h7-8,10,15-16H,4-6,9H2,1-3H3,(H,21,22)(H,23,25). The van der Waals surface area contributed by atoms with Crippen LogP contribution < -0.4 is 5.32 Å². The Kier molecular flexibility index (Phi) is 5.82. The molecule has 0 radical (unpaired) electrons. The summed E-state index contributed by atoms with van der Waals surface area (Å²) in [7, 11) is 1.37. The second-order valence-corrected chi connectivity index (χ2v) is 7.90. The zero-order valence-corrected chi connectivity index (χ0v) is 16.8. The van der Waals surface area contributed by atoms with Gasteiger partial charge in [0.05, 0.1) is 28.7 Å². The minimum atomic E-state index is -0.413. The molecule has 1 fully saturated rings. The lowest BCUT2D eigenvalue weighted by Gasteiger charge is -2.30. The van der Waals surface area contributed by atoms with Crippen LogP contribution in [0, 0.1) is 11.7 Å². The van der Waals surface area contributed by atoms with Crippen LogP contribution in [0.4, 0.5) is 9.18 Å². The largest absolute Gasteiger partial charge is 0.453 e. The lowest BCUT2D eigenvalue weighted by atomic mass is 10.0. The van der Waals surface area contributed by atoms with E-state index in [0.717, 1.165) is 30.7 Å². The van der Waals surface area contributed by atoms with Crippen molar-refractivity contribution in [3.63, 3.8) is 0 Å². The number of amides is 1. The van der Waals surface area contributed by atoms with Crippen LogP contribution in [0.15, 0.2) is 16.6 Å². The molecule has 2 unspecified atom stereocenters. The molecule has 0 spiro atoms. The van der Waals surface area contributed by atoms with Gasteiger partial charge in [0.2, 0.25) is 0 Å². The molecule has 8 heteroatoms. The van der Waals surface area contributed by atoms with Gasteiger partial charge in [-0.05, 0) is 47.3 Å². The number of aromatic nitrogens is 2. The Hall–Kier alpha value is -1.67. The molecule has 2 N–H and O–H groups in total. The summed E-state index contributed by atoms with van der Waals surface area (Å²) in [5.41, 5.74) is 1.44. The second-order valence-electron chi connectivity index (χ2n) is 7.04. The minimum absolute atomic E-state index is 0.0148. The SMILES string of the molecule is COC(=O)NC(CN1CCCC1c1nc2cc(Br)c(F)cc2[nH]1)C(C)C. The minimum Gasteiger partial charge on any atom is -0.453 e. The maximum absolute atomic E-state index is 13.8. The van der Waals surface area contributed by atoms with Crippen molar-refractivity contribution in [2.45, 2.75) is 38.8 Å². The summed E-state index contributed by atoms with van der Waals surface area (Å²) in [5, 5.41) is 2.92. The fourth-order valence-electron chi connectivity index (χ4n) is 3.42. The van der Waals surface area contributed by atoms with Crippen molar-refractivity contribution in [2.75, 3.05) is 20.2 Å². The van der Waals surface area contributed by atoms with E-state index in [0.29, 0.717) is 16.5 Å². The molecule has 1 aromatic carbocycles. The Morgan fingerprint density at radius 3 is 3.00 bits per heavy atom. The van der Waals surface area contributed by atoms with Crippen LogP contribution in [0.2, 0.25) is 0 Å². The zero-order chi connectivity index (χ0) is 18.8. The lowest BCUT2D eigenvalue weighted by molar-refractivity contribution is 0.150. The van der Waals surface area contributed by atoms with E-state index < -0.39 is 6.09 Å². The van der Waals surface area contributed by atoms with Gasteiger partial charge in [0.25, 0.3) is 0 Å². The van der Waals surface area contributed by atoms with Crippen molar-refractivity contribution < 1.29 is 13.9 Å². The highest BCUT2D eigenvalue weighted by molar-refractivity contribution is 9.10. The Morgan fingerprint density at radius 2 is 2.31 bits per heavy atom. The number of nitrogens with zero attached hydrogens (tertiary/aromatic N) is 2. The number of imidazole rings is 1. The highest BCUT2D eigenvalue weighted by Crippen LogP contribution is 2.32. The molecule has 0 bridgehead atoms. The van der Waals surface area contributed by atoms with Gasteiger partial charge >= 0.3 is 6.09 Å². The van der Waals surface area contributed by atoms with Gasteiger partial charge in [0.1, 0.15) is 11.6 Å². The molecular weight excluding hydrogens is 403 g/mol. The van der Waals surface area contributed by atoms with E-state index in [-0.39, 0.29) is 23.8 Å². The number of carbonyl (C=O) groups is 1. The molecule has 1 aliphatic rings. The Bertz CT molecular complexity index is 756. The molecule has 2 atom stereocenters. The van der Waals surface area contributed by atoms with Crippen LogP contribution >= 0.6 is 15.9 Å². The maximum Gasteiger partial charge on any atom is 0.407 e. The number of nitrogens with one attached hydrogen (secondary N) is 2. The quantitative estimate of drug-likeness (QED) is 0.758. The van der Waals surface area contributed by atoms with Gasteiger partial charge in [-0.2, -0.15) is 0 Å². The molecule has 1 saturated heterocycles. The van der Waals surface area contributed by atoms with E-state index in [4.69, 9.17) is 4.74 Å². The van der Waals surface area contributed by atoms with Crippen molar-refractivity contribution in [1.82, 2.24) is 20.2 Å². The number of hydrogen-bond acceptors (Lipinski definition) is 4. The molecule has 1 amide bonds. The predicted octanol–water partition coefficient (Wildman–Crippen LogP) is 3.98. The van der Waals surface area contributed by atoms with Gasteiger partial charge in [0.15, 0.2) is 0 Å². The zero-order valence-electron chi connectivity index (χ0n) is 15.2. The summed E-state index contributed by atoms with van der Waals surface area (Å²) < 4.78 is 18.9. The molecule has 26 heavy (non-hydrogen) atoms. The van der Waals surface area contributed by atoms with Gasteiger partial charge in [-0.1, -0.05) is 13.8 Å². The Labute approximate surface area is 160 Å². The predicted molar refractivity (Wildman–Crippen MR) is 101 cm³/mol. The number of benzene rings is 1. The van der Waals surface area contributed by atoms with Gasteiger partial charge in [-0.3, -0.25) is 4.90 Å². The number of likely N-dealkylation sites (tertiary alicyclic amines) is 1. The number of ether oxygens (including phenoxy) is 1.